The third-order valence-electron chi connectivity index (χ3n) is 7.09. The molecule has 0 aliphatic heterocycles. The molecular formula is C23H33NO4. The summed E-state index contributed by atoms with van der Waals surface area (Å²) in [6.07, 6.45) is 5.86. The van der Waals surface area contributed by atoms with Crippen LogP contribution in [0.1, 0.15) is 57.9 Å². The van der Waals surface area contributed by atoms with Crippen LogP contribution in [0.4, 0.5) is 0 Å². The first-order chi connectivity index (χ1) is 13.2. The highest BCUT2D eigenvalue weighted by atomic mass is 16.5. The van der Waals surface area contributed by atoms with Crippen LogP contribution >= 0.6 is 0 Å². The van der Waals surface area contributed by atoms with E-state index in [4.69, 9.17) is 4.74 Å². The highest BCUT2D eigenvalue weighted by molar-refractivity contribution is 5.93. The smallest absolute Gasteiger partial charge is 0.247 e. The van der Waals surface area contributed by atoms with E-state index in [1.807, 2.05) is 6.92 Å². The third kappa shape index (κ3) is 4.04. The van der Waals surface area contributed by atoms with Crippen molar-refractivity contribution in [3.8, 4) is 11.5 Å². The van der Waals surface area contributed by atoms with E-state index < -0.39 is 5.60 Å². The number of phenolic OH excluding ortho intramolecular Hbond substituents is 1. The summed E-state index contributed by atoms with van der Waals surface area (Å²) in [4.78, 5) is 12.7. The second-order valence-corrected chi connectivity index (χ2v) is 9.10. The van der Waals surface area contributed by atoms with Crippen LogP contribution in [-0.4, -0.2) is 28.8 Å². The standard InChI is InChI=1S/C23H33NO4/c1-15(21(26)24-14-16-6-7-18(25)19(12-16)28-4)17-8-11-22(2)9-5-10-23(3,27)20(22)13-17/h6-7,12,17,20,25,27H,1,5,8-11,13-14H2,2-4H3,(H,24,26)/t17-,20-,22-,23-/m0/s1. The maximum absolute atomic E-state index is 12.7. The summed E-state index contributed by atoms with van der Waals surface area (Å²) in [5.74, 6) is 0.634. The minimum atomic E-state index is -0.662. The van der Waals surface area contributed by atoms with Gasteiger partial charge in [0.1, 0.15) is 0 Å². The molecule has 5 nitrogen and oxygen atoms in total. The van der Waals surface area contributed by atoms with E-state index in [9.17, 15) is 15.0 Å². The Morgan fingerprint density at radius 2 is 2.07 bits per heavy atom. The van der Waals surface area contributed by atoms with Crippen molar-refractivity contribution in [2.45, 2.75) is 64.5 Å². The number of benzene rings is 1. The van der Waals surface area contributed by atoms with Crippen molar-refractivity contribution in [2.75, 3.05) is 7.11 Å². The molecule has 1 aromatic carbocycles. The van der Waals surface area contributed by atoms with Gasteiger partial charge in [-0.25, -0.2) is 0 Å². The lowest BCUT2D eigenvalue weighted by molar-refractivity contribution is -0.126. The van der Waals surface area contributed by atoms with Gasteiger partial charge in [-0.3, -0.25) is 4.79 Å². The summed E-state index contributed by atoms with van der Waals surface area (Å²) in [7, 11) is 1.50. The molecule has 1 amide bonds. The third-order valence-corrected chi connectivity index (χ3v) is 7.09. The lowest BCUT2D eigenvalue weighted by atomic mass is 9.53. The summed E-state index contributed by atoms with van der Waals surface area (Å²) in [6, 6.07) is 5.03. The van der Waals surface area contributed by atoms with Gasteiger partial charge in [0.25, 0.3) is 0 Å². The average Bonchev–Trinajstić information content (AvgIpc) is 2.66. The van der Waals surface area contributed by atoms with Crippen LogP contribution in [0.3, 0.4) is 0 Å². The number of carbonyl (C=O) groups is 1. The number of carbonyl (C=O) groups excluding carboxylic acids is 1. The Morgan fingerprint density at radius 3 is 2.79 bits per heavy atom. The fraction of sp³-hybridized carbons (Fsp3) is 0.609. The number of rotatable bonds is 5. The van der Waals surface area contributed by atoms with Crippen molar-refractivity contribution < 1.29 is 19.7 Å². The number of aromatic hydroxyl groups is 1. The van der Waals surface area contributed by atoms with Gasteiger partial charge >= 0.3 is 0 Å². The van der Waals surface area contributed by atoms with Crippen molar-refractivity contribution in [1.29, 1.82) is 0 Å². The average molecular weight is 388 g/mol. The highest BCUT2D eigenvalue weighted by Crippen LogP contribution is 2.56. The van der Waals surface area contributed by atoms with Gasteiger partial charge in [-0.1, -0.05) is 26.0 Å². The van der Waals surface area contributed by atoms with Crippen LogP contribution in [0.2, 0.25) is 0 Å². The van der Waals surface area contributed by atoms with Gasteiger partial charge in [0, 0.05) is 12.1 Å². The predicted octanol–water partition coefficient (Wildman–Crippen LogP) is 3.93. The fourth-order valence-corrected chi connectivity index (χ4v) is 5.32. The molecule has 3 N–H and O–H groups in total. The van der Waals surface area contributed by atoms with Crippen LogP contribution < -0.4 is 10.1 Å². The Kier molecular flexibility index (Phi) is 5.76. The lowest BCUT2D eigenvalue weighted by Crippen LogP contribution is -2.51. The summed E-state index contributed by atoms with van der Waals surface area (Å²) < 4.78 is 5.11. The van der Waals surface area contributed by atoms with Crippen molar-refractivity contribution in [3.05, 3.63) is 35.9 Å². The number of fused-ring (bicyclic) bond motifs is 1. The minimum absolute atomic E-state index is 0.0757. The van der Waals surface area contributed by atoms with E-state index >= 15 is 0 Å². The van der Waals surface area contributed by atoms with Crippen molar-refractivity contribution in [2.24, 2.45) is 17.3 Å². The van der Waals surface area contributed by atoms with E-state index in [1.54, 1.807) is 18.2 Å². The molecule has 2 aliphatic rings. The zero-order valence-corrected chi connectivity index (χ0v) is 17.3. The minimum Gasteiger partial charge on any atom is -0.504 e. The molecule has 0 heterocycles. The molecule has 2 fully saturated rings. The molecule has 5 heteroatoms. The number of ether oxygens (including phenoxy) is 1. The Labute approximate surface area is 167 Å². The van der Waals surface area contributed by atoms with Crippen LogP contribution in [0.15, 0.2) is 30.4 Å². The topological polar surface area (TPSA) is 78.8 Å². The van der Waals surface area contributed by atoms with Gasteiger partial charge in [-0.2, -0.15) is 0 Å². The van der Waals surface area contributed by atoms with Gasteiger partial charge in [0.15, 0.2) is 11.5 Å². The Bertz CT molecular complexity index is 757. The first-order valence-corrected chi connectivity index (χ1v) is 10.2. The summed E-state index contributed by atoms with van der Waals surface area (Å²) in [5.41, 5.74) is 0.958. The summed E-state index contributed by atoms with van der Waals surface area (Å²) >= 11 is 0. The normalized spacial score (nSPS) is 32.3. The molecule has 2 saturated carbocycles. The SMILES string of the molecule is C=C(C(=O)NCc1ccc(O)c(OC)c1)[C@H]1CC[C@]2(C)CCC[C@](C)(O)[C@H]2C1. The van der Waals surface area contributed by atoms with E-state index in [1.165, 1.54) is 7.11 Å². The molecule has 0 radical (unpaired) electrons. The molecular weight excluding hydrogens is 354 g/mol. The van der Waals surface area contributed by atoms with Crippen molar-refractivity contribution in [1.82, 2.24) is 5.32 Å². The molecule has 28 heavy (non-hydrogen) atoms. The van der Waals surface area contributed by atoms with Gasteiger partial charge in [-0.05, 0) is 74.0 Å². The van der Waals surface area contributed by atoms with Gasteiger partial charge in [-0.15, -0.1) is 0 Å². The maximum Gasteiger partial charge on any atom is 0.247 e. The van der Waals surface area contributed by atoms with Crippen LogP contribution in [-0.2, 0) is 11.3 Å². The van der Waals surface area contributed by atoms with E-state index in [2.05, 4.69) is 18.8 Å². The summed E-state index contributed by atoms with van der Waals surface area (Å²) in [5, 5.41) is 23.5. The lowest BCUT2D eigenvalue weighted by Gasteiger charge is -2.54. The number of phenols is 1. The zero-order chi connectivity index (χ0) is 20.5. The van der Waals surface area contributed by atoms with Gasteiger partial charge < -0.3 is 20.3 Å². The number of hydrogen-bond donors (Lipinski definition) is 3. The second-order valence-electron chi connectivity index (χ2n) is 9.10. The fourth-order valence-electron chi connectivity index (χ4n) is 5.32. The van der Waals surface area contributed by atoms with E-state index in [0.717, 1.165) is 44.1 Å². The largest absolute Gasteiger partial charge is 0.504 e. The number of amides is 1. The molecule has 4 atom stereocenters. The summed E-state index contributed by atoms with van der Waals surface area (Å²) in [6.45, 7) is 8.69. The van der Waals surface area contributed by atoms with Crippen molar-refractivity contribution >= 4 is 5.91 Å². The highest BCUT2D eigenvalue weighted by Gasteiger charge is 2.51. The number of hydrogen-bond acceptors (Lipinski definition) is 4. The quantitative estimate of drug-likeness (QED) is 0.669. The van der Waals surface area contributed by atoms with E-state index in [-0.39, 0.29) is 28.9 Å². The molecule has 154 valence electrons. The Morgan fingerprint density at radius 1 is 1.32 bits per heavy atom. The molecule has 0 unspecified atom stereocenters. The second kappa shape index (κ2) is 7.78. The van der Waals surface area contributed by atoms with Gasteiger partial charge in [0.05, 0.1) is 12.7 Å². The first-order valence-electron chi connectivity index (χ1n) is 10.2. The zero-order valence-electron chi connectivity index (χ0n) is 17.3. The molecule has 0 aromatic heterocycles. The Hall–Kier alpha value is -2.01. The van der Waals surface area contributed by atoms with Crippen LogP contribution in [0.25, 0.3) is 0 Å². The number of aliphatic hydroxyl groups is 1. The maximum atomic E-state index is 12.7. The molecule has 3 rings (SSSR count). The van der Waals surface area contributed by atoms with E-state index in [0.29, 0.717) is 17.9 Å². The number of nitrogens with one attached hydrogen (secondary N) is 1. The molecule has 0 saturated heterocycles. The number of methoxy groups -OCH3 is 1. The first kappa shape index (κ1) is 20.7. The predicted molar refractivity (Wildman–Crippen MR) is 109 cm³/mol. The Balaban J connectivity index is 1.61. The monoisotopic (exact) mass is 387 g/mol. The van der Waals surface area contributed by atoms with Crippen molar-refractivity contribution in [3.63, 3.8) is 0 Å². The molecule has 0 spiro atoms. The van der Waals surface area contributed by atoms with Crippen LogP contribution in [0, 0.1) is 17.3 Å². The van der Waals surface area contributed by atoms with Crippen LogP contribution in [0.5, 0.6) is 11.5 Å². The van der Waals surface area contributed by atoms with Gasteiger partial charge in [0.2, 0.25) is 5.91 Å². The molecule has 2 aliphatic carbocycles. The molecule has 0 bridgehead atoms. The molecule has 1 aromatic rings.